The Hall–Kier alpha value is -2.62. The summed E-state index contributed by atoms with van der Waals surface area (Å²) in [5.41, 5.74) is -0.222. The third-order valence-electron chi connectivity index (χ3n) is 4.17. The lowest BCUT2D eigenvalue weighted by molar-refractivity contribution is 0.102. The van der Waals surface area contributed by atoms with Gasteiger partial charge in [0.25, 0.3) is 5.91 Å². The van der Waals surface area contributed by atoms with Gasteiger partial charge in [-0.15, -0.1) is 0 Å². The molecule has 2 heterocycles. The smallest absolute Gasteiger partial charge is 0.275 e. The van der Waals surface area contributed by atoms with Gasteiger partial charge in [0, 0.05) is 19.2 Å². The van der Waals surface area contributed by atoms with Crippen molar-refractivity contribution < 1.29 is 22.0 Å². The van der Waals surface area contributed by atoms with Crippen molar-refractivity contribution in [3.63, 3.8) is 0 Å². The number of aromatic nitrogens is 2. The summed E-state index contributed by atoms with van der Waals surface area (Å²) in [5.74, 6) is -1.72. The van der Waals surface area contributed by atoms with E-state index in [1.54, 1.807) is 11.9 Å². The number of hydrogen-bond acceptors (Lipinski definition) is 6. The Kier molecular flexibility index (Phi) is 4.86. The number of benzene rings is 1. The van der Waals surface area contributed by atoms with Gasteiger partial charge in [-0.25, -0.2) is 27.2 Å². The van der Waals surface area contributed by atoms with Gasteiger partial charge in [0.2, 0.25) is 0 Å². The molecular formula is C16H16F2N4O3S. The quantitative estimate of drug-likeness (QED) is 0.864. The van der Waals surface area contributed by atoms with E-state index >= 15 is 0 Å². The van der Waals surface area contributed by atoms with Crippen LogP contribution in [0, 0.1) is 11.6 Å². The van der Waals surface area contributed by atoms with Gasteiger partial charge in [-0.1, -0.05) is 0 Å². The molecule has 26 heavy (non-hydrogen) atoms. The van der Waals surface area contributed by atoms with Crippen LogP contribution < -0.4 is 10.2 Å². The first-order valence-corrected chi connectivity index (χ1v) is 9.59. The number of halogens is 2. The molecule has 0 spiro atoms. The summed E-state index contributed by atoms with van der Waals surface area (Å²) in [6, 6.07) is 2.61. The topological polar surface area (TPSA) is 92.3 Å². The van der Waals surface area contributed by atoms with Crippen LogP contribution in [0.5, 0.6) is 0 Å². The van der Waals surface area contributed by atoms with E-state index in [1.165, 1.54) is 12.4 Å². The standard InChI is InChI=1S/C16H16F2N4O3S/c1-22(11-4-5-26(24,25)9-11)15-8-19-14(7-20-15)16(23)21-13-3-2-10(17)6-12(13)18/h2-3,6-8,11H,4-5,9H2,1H3,(H,21,23). The van der Waals surface area contributed by atoms with Crippen LogP contribution in [0.15, 0.2) is 30.6 Å². The summed E-state index contributed by atoms with van der Waals surface area (Å²) in [7, 11) is -1.32. The van der Waals surface area contributed by atoms with Crippen molar-refractivity contribution in [1.82, 2.24) is 9.97 Å². The summed E-state index contributed by atoms with van der Waals surface area (Å²) >= 11 is 0. The molecule has 1 aromatic carbocycles. The highest BCUT2D eigenvalue weighted by Gasteiger charge is 2.31. The molecule has 1 saturated heterocycles. The zero-order valence-corrected chi connectivity index (χ0v) is 14.6. The fraction of sp³-hybridized carbons (Fsp3) is 0.312. The van der Waals surface area contributed by atoms with Crippen LogP contribution in [0.1, 0.15) is 16.9 Å². The lowest BCUT2D eigenvalue weighted by atomic mass is 10.2. The summed E-state index contributed by atoms with van der Waals surface area (Å²) < 4.78 is 49.6. The molecule has 1 atom stereocenters. The summed E-state index contributed by atoms with van der Waals surface area (Å²) in [6.45, 7) is 0. The van der Waals surface area contributed by atoms with E-state index in [-0.39, 0.29) is 28.9 Å². The largest absolute Gasteiger partial charge is 0.354 e. The van der Waals surface area contributed by atoms with E-state index in [0.717, 1.165) is 12.1 Å². The predicted octanol–water partition coefficient (Wildman–Crippen LogP) is 1.63. The Morgan fingerprint density at radius 3 is 2.62 bits per heavy atom. The normalized spacial score (nSPS) is 18.5. The van der Waals surface area contributed by atoms with Gasteiger partial charge < -0.3 is 10.2 Å². The second kappa shape index (κ2) is 6.94. The number of nitrogens with zero attached hydrogens (tertiary/aromatic N) is 3. The second-order valence-corrected chi connectivity index (χ2v) is 8.23. The highest BCUT2D eigenvalue weighted by Crippen LogP contribution is 2.21. The molecule has 1 amide bonds. The van der Waals surface area contributed by atoms with Crippen LogP contribution in [0.3, 0.4) is 0 Å². The van der Waals surface area contributed by atoms with E-state index in [1.807, 2.05) is 0 Å². The first-order chi connectivity index (χ1) is 12.2. The fourth-order valence-electron chi connectivity index (χ4n) is 2.67. The monoisotopic (exact) mass is 382 g/mol. The molecule has 0 bridgehead atoms. The molecule has 1 N–H and O–H groups in total. The maximum absolute atomic E-state index is 13.6. The molecule has 7 nitrogen and oxygen atoms in total. The van der Waals surface area contributed by atoms with Gasteiger partial charge in [-0.05, 0) is 18.6 Å². The highest BCUT2D eigenvalue weighted by molar-refractivity contribution is 7.91. The molecule has 3 rings (SSSR count). The van der Waals surface area contributed by atoms with Gasteiger partial charge in [-0.2, -0.15) is 0 Å². The summed E-state index contributed by atoms with van der Waals surface area (Å²) in [4.78, 5) is 21.9. The van der Waals surface area contributed by atoms with E-state index in [0.29, 0.717) is 18.3 Å². The molecule has 2 aromatic rings. The Morgan fingerprint density at radius 2 is 2.04 bits per heavy atom. The van der Waals surface area contributed by atoms with Gasteiger partial charge in [-0.3, -0.25) is 4.79 Å². The maximum atomic E-state index is 13.6. The lowest BCUT2D eigenvalue weighted by Crippen LogP contribution is -2.33. The summed E-state index contributed by atoms with van der Waals surface area (Å²) in [6.07, 6.45) is 3.07. The number of sulfone groups is 1. The van der Waals surface area contributed by atoms with Crippen molar-refractivity contribution in [2.24, 2.45) is 0 Å². The molecule has 0 radical (unpaired) electrons. The molecule has 138 valence electrons. The molecule has 1 aliphatic heterocycles. The Labute approximate surface area is 149 Å². The minimum atomic E-state index is -3.03. The number of rotatable bonds is 4. The second-order valence-electron chi connectivity index (χ2n) is 6.01. The Balaban J connectivity index is 1.70. The summed E-state index contributed by atoms with van der Waals surface area (Å²) in [5, 5.41) is 2.29. The zero-order valence-electron chi connectivity index (χ0n) is 13.8. The molecule has 1 aromatic heterocycles. The number of hydrogen-bond donors (Lipinski definition) is 1. The number of anilines is 2. The Morgan fingerprint density at radius 1 is 1.27 bits per heavy atom. The van der Waals surface area contributed by atoms with Crippen molar-refractivity contribution in [3.05, 3.63) is 47.9 Å². The lowest BCUT2D eigenvalue weighted by Gasteiger charge is -2.23. The molecule has 1 unspecified atom stereocenters. The third-order valence-corrected chi connectivity index (χ3v) is 5.92. The zero-order chi connectivity index (χ0) is 18.9. The van der Waals surface area contributed by atoms with E-state index in [4.69, 9.17) is 0 Å². The fourth-order valence-corrected chi connectivity index (χ4v) is 4.44. The van der Waals surface area contributed by atoms with Crippen LogP contribution in [-0.2, 0) is 9.84 Å². The van der Waals surface area contributed by atoms with Gasteiger partial charge in [0.1, 0.15) is 23.1 Å². The van der Waals surface area contributed by atoms with Crippen LogP contribution >= 0.6 is 0 Å². The van der Waals surface area contributed by atoms with Gasteiger partial charge in [0.15, 0.2) is 9.84 Å². The number of carbonyl (C=O) groups excluding carboxylic acids is 1. The molecule has 10 heteroatoms. The molecule has 0 aliphatic carbocycles. The van der Waals surface area contributed by atoms with Crippen molar-refractivity contribution in [2.45, 2.75) is 12.5 Å². The minimum Gasteiger partial charge on any atom is -0.354 e. The number of nitrogens with one attached hydrogen (secondary N) is 1. The molecule has 0 saturated carbocycles. The van der Waals surface area contributed by atoms with Crippen LogP contribution in [0.25, 0.3) is 0 Å². The average molecular weight is 382 g/mol. The molecular weight excluding hydrogens is 366 g/mol. The first-order valence-electron chi connectivity index (χ1n) is 7.77. The van der Waals surface area contributed by atoms with Crippen molar-refractivity contribution in [3.8, 4) is 0 Å². The number of amides is 1. The highest BCUT2D eigenvalue weighted by atomic mass is 32.2. The van der Waals surface area contributed by atoms with Crippen LogP contribution in [0.2, 0.25) is 0 Å². The first kappa shape index (κ1) is 18.2. The maximum Gasteiger partial charge on any atom is 0.275 e. The van der Waals surface area contributed by atoms with Crippen LogP contribution in [0.4, 0.5) is 20.3 Å². The predicted molar refractivity (Wildman–Crippen MR) is 91.8 cm³/mol. The van der Waals surface area contributed by atoms with Gasteiger partial charge in [0.05, 0.1) is 29.6 Å². The SMILES string of the molecule is CN(c1cnc(C(=O)Nc2ccc(F)cc2F)cn1)C1CCS(=O)(=O)C1. The number of carbonyl (C=O) groups is 1. The Bertz CT molecular complexity index is 935. The van der Waals surface area contributed by atoms with Gasteiger partial charge >= 0.3 is 0 Å². The minimum absolute atomic E-state index is 0.0510. The average Bonchev–Trinajstić information content (AvgIpc) is 2.97. The van der Waals surface area contributed by atoms with E-state index < -0.39 is 27.4 Å². The molecule has 1 fully saturated rings. The van der Waals surface area contributed by atoms with E-state index in [9.17, 15) is 22.0 Å². The van der Waals surface area contributed by atoms with Crippen molar-refractivity contribution >= 4 is 27.2 Å². The van der Waals surface area contributed by atoms with Crippen molar-refractivity contribution in [1.29, 1.82) is 0 Å². The molecule has 1 aliphatic rings. The third kappa shape index (κ3) is 3.96. The van der Waals surface area contributed by atoms with Crippen LogP contribution in [-0.4, -0.2) is 48.9 Å². The van der Waals surface area contributed by atoms with E-state index in [2.05, 4.69) is 15.3 Å². The van der Waals surface area contributed by atoms with Crippen molar-refractivity contribution in [2.75, 3.05) is 28.8 Å².